The molecule has 1 aliphatic rings. The minimum absolute atomic E-state index is 0.226. The predicted octanol–water partition coefficient (Wildman–Crippen LogP) is 2.38. The lowest BCUT2D eigenvalue weighted by Gasteiger charge is -2.42. The van der Waals surface area contributed by atoms with Gasteiger partial charge in [0.2, 0.25) is 0 Å². The summed E-state index contributed by atoms with van der Waals surface area (Å²) in [6.45, 7) is 5.35. The van der Waals surface area contributed by atoms with Gasteiger partial charge in [-0.05, 0) is 33.2 Å². The van der Waals surface area contributed by atoms with Gasteiger partial charge in [0.1, 0.15) is 0 Å². The molecule has 2 N–H and O–H groups in total. The van der Waals surface area contributed by atoms with Crippen LogP contribution in [0.5, 0.6) is 0 Å². The Morgan fingerprint density at radius 1 is 1.36 bits per heavy atom. The molecule has 1 aliphatic carbocycles. The summed E-state index contributed by atoms with van der Waals surface area (Å²) in [5.41, 5.74) is 6.15. The molecule has 0 saturated heterocycles. The number of nitrogens with zero attached hydrogens (tertiary/aromatic N) is 1. The topological polar surface area (TPSA) is 29.3 Å². The Morgan fingerprint density at radius 2 is 1.93 bits per heavy atom. The molecule has 1 fully saturated rings. The van der Waals surface area contributed by atoms with Gasteiger partial charge in [-0.15, -0.1) is 0 Å². The zero-order valence-electron chi connectivity index (χ0n) is 10.1. The number of rotatable bonds is 5. The van der Waals surface area contributed by atoms with Gasteiger partial charge in [0.25, 0.3) is 0 Å². The maximum absolute atomic E-state index is 5.92. The summed E-state index contributed by atoms with van der Waals surface area (Å²) in [5.74, 6) is 0. The van der Waals surface area contributed by atoms with E-state index in [1.54, 1.807) is 0 Å². The smallest absolute Gasteiger partial charge is 0.0303 e. The molecule has 1 rings (SSSR count). The summed E-state index contributed by atoms with van der Waals surface area (Å²) in [4.78, 5) is 2.55. The van der Waals surface area contributed by atoms with Crippen LogP contribution < -0.4 is 5.73 Å². The second kappa shape index (κ2) is 5.13. The van der Waals surface area contributed by atoms with Gasteiger partial charge in [0.05, 0.1) is 0 Å². The van der Waals surface area contributed by atoms with Crippen molar-refractivity contribution in [2.75, 3.05) is 13.6 Å². The molecule has 0 amide bonds. The van der Waals surface area contributed by atoms with Crippen molar-refractivity contribution in [1.82, 2.24) is 4.90 Å². The average Bonchev–Trinajstić information content (AvgIpc) is 2.69. The SMILES string of the molecule is CCCC(C)(CN)N(C)C1CCCC1. The zero-order chi connectivity index (χ0) is 10.6. The predicted molar refractivity (Wildman–Crippen MR) is 62.4 cm³/mol. The van der Waals surface area contributed by atoms with Gasteiger partial charge in [-0.1, -0.05) is 26.2 Å². The molecule has 0 aromatic heterocycles. The first-order chi connectivity index (χ1) is 6.64. The Kier molecular flexibility index (Phi) is 4.39. The Balaban J connectivity index is 2.57. The fraction of sp³-hybridized carbons (Fsp3) is 1.00. The Labute approximate surface area is 88.8 Å². The molecular weight excluding hydrogens is 172 g/mol. The minimum atomic E-state index is 0.226. The lowest BCUT2D eigenvalue weighted by atomic mass is 9.92. The summed E-state index contributed by atoms with van der Waals surface area (Å²) in [6.07, 6.45) is 8.00. The third kappa shape index (κ3) is 2.48. The molecule has 0 aliphatic heterocycles. The molecular formula is C12H26N2. The largest absolute Gasteiger partial charge is 0.329 e. The van der Waals surface area contributed by atoms with Crippen LogP contribution in [0.3, 0.4) is 0 Å². The number of hydrogen-bond acceptors (Lipinski definition) is 2. The molecule has 0 heterocycles. The fourth-order valence-electron chi connectivity index (χ4n) is 2.69. The van der Waals surface area contributed by atoms with Crippen molar-refractivity contribution in [2.24, 2.45) is 5.73 Å². The second-order valence-electron chi connectivity index (χ2n) is 5.00. The van der Waals surface area contributed by atoms with E-state index < -0.39 is 0 Å². The molecule has 2 heteroatoms. The third-order valence-corrected chi connectivity index (χ3v) is 3.95. The van der Waals surface area contributed by atoms with Crippen molar-refractivity contribution in [2.45, 2.75) is 64.0 Å². The summed E-state index contributed by atoms with van der Waals surface area (Å²) in [6, 6.07) is 0.787. The molecule has 14 heavy (non-hydrogen) atoms. The van der Waals surface area contributed by atoms with Crippen molar-refractivity contribution < 1.29 is 0 Å². The molecule has 84 valence electrons. The Hall–Kier alpha value is -0.0800. The van der Waals surface area contributed by atoms with E-state index in [1.165, 1.54) is 38.5 Å². The summed E-state index contributed by atoms with van der Waals surface area (Å²) in [5, 5.41) is 0. The van der Waals surface area contributed by atoms with Crippen molar-refractivity contribution >= 4 is 0 Å². The molecule has 0 spiro atoms. The number of likely N-dealkylation sites (N-methyl/N-ethyl adjacent to an activating group) is 1. The van der Waals surface area contributed by atoms with Gasteiger partial charge in [0.15, 0.2) is 0 Å². The zero-order valence-corrected chi connectivity index (χ0v) is 10.1. The maximum atomic E-state index is 5.92. The van der Waals surface area contributed by atoms with Crippen LogP contribution in [0.15, 0.2) is 0 Å². The van der Waals surface area contributed by atoms with Crippen LogP contribution in [0.25, 0.3) is 0 Å². The molecule has 0 aromatic carbocycles. The highest BCUT2D eigenvalue weighted by Gasteiger charge is 2.32. The van der Waals surface area contributed by atoms with E-state index in [1.807, 2.05) is 0 Å². The van der Waals surface area contributed by atoms with Gasteiger partial charge in [-0.2, -0.15) is 0 Å². The van der Waals surface area contributed by atoms with Gasteiger partial charge in [-0.25, -0.2) is 0 Å². The second-order valence-corrected chi connectivity index (χ2v) is 5.00. The highest BCUT2D eigenvalue weighted by atomic mass is 15.2. The van der Waals surface area contributed by atoms with E-state index in [4.69, 9.17) is 5.73 Å². The van der Waals surface area contributed by atoms with Crippen LogP contribution in [-0.2, 0) is 0 Å². The quantitative estimate of drug-likeness (QED) is 0.735. The van der Waals surface area contributed by atoms with E-state index in [9.17, 15) is 0 Å². The Morgan fingerprint density at radius 3 is 2.36 bits per heavy atom. The highest BCUT2D eigenvalue weighted by molar-refractivity contribution is 4.90. The van der Waals surface area contributed by atoms with Crippen LogP contribution in [0, 0.1) is 0 Å². The molecule has 2 nitrogen and oxygen atoms in total. The van der Waals surface area contributed by atoms with Crippen LogP contribution in [0.4, 0.5) is 0 Å². The lowest BCUT2D eigenvalue weighted by molar-refractivity contribution is 0.0857. The molecule has 0 radical (unpaired) electrons. The molecule has 1 unspecified atom stereocenters. The normalized spacial score (nSPS) is 22.9. The van der Waals surface area contributed by atoms with Gasteiger partial charge in [-0.3, -0.25) is 4.90 Å². The van der Waals surface area contributed by atoms with Crippen LogP contribution in [-0.4, -0.2) is 30.1 Å². The molecule has 0 aromatic rings. The van der Waals surface area contributed by atoms with E-state index >= 15 is 0 Å². The third-order valence-electron chi connectivity index (χ3n) is 3.95. The maximum Gasteiger partial charge on any atom is 0.0303 e. The first-order valence-corrected chi connectivity index (χ1v) is 6.07. The summed E-state index contributed by atoms with van der Waals surface area (Å²) < 4.78 is 0. The number of hydrogen-bond donors (Lipinski definition) is 1. The van der Waals surface area contributed by atoms with Gasteiger partial charge in [0, 0.05) is 18.1 Å². The van der Waals surface area contributed by atoms with Crippen LogP contribution >= 0.6 is 0 Å². The molecule has 1 saturated carbocycles. The highest BCUT2D eigenvalue weighted by Crippen LogP contribution is 2.29. The first-order valence-electron chi connectivity index (χ1n) is 6.07. The van der Waals surface area contributed by atoms with Crippen molar-refractivity contribution in [3.8, 4) is 0 Å². The fourth-order valence-corrected chi connectivity index (χ4v) is 2.69. The van der Waals surface area contributed by atoms with E-state index in [2.05, 4.69) is 25.8 Å². The monoisotopic (exact) mass is 198 g/mol. The first kappa shape index (κ1) is 12.0. The standard InChI is InChI=1S/C12H26N2/c1-4-9-12(2,10-13)14(3)11-7-5-6-8-11/h11H,4-10,13H2,1-3H3. The van der Waals surface area contributed by atoms with E-state index in [-0.39, 0.29) is 5.54 Å². The average molecular weight is 198 g/mol. The lowest BCUT2D eigenvalue weighted by Crippen LogP contribution is -2.53. The van der Waals surface area contributed by atoms with E-state index in [0.717, 1.165) is 12.6 Å². The minimum Gasteiger partial charge on any atom is -0.329 e. The van der Waals surface area contributed by atoms with Crippen molar-refractivity contribution in [3.05, 3.63) is 0 Å². The van der Waals surface area contributed by atoms with Crippen molar-refractivity contribution in [3.63, 3.8) is 0 Å². The Bertz CT molecular complexity index is 164. The van der Waals surface area contributed by atoms with Crippen LogP contribution in [0.2, 0.25) is 0 Å². The van der Waals surface area contributed by atoms with E-state index in [0.29, 0.717) is 0 Å². The number of nitrogens with two attached hydrogens (primary N) is 1. The van der Waals surface area contributed by atoms with Gasteiger partial charge >= 0.3 is 0 Å². The molecule has 0 bridgehead atoms. The van der Waals surface area contributed by atoms with Crippen molar-refractivity contribution in [1.29, 1.82) is 0 Å². The van der Waals surface area contributed by atoms with Gasteiger partial charge < -0.3 is 5.73 Å². The molecule has 1 atom stereocenters. The summed E-state index contributed by atoms with van der Waals surface area (Å²) >= 11 is 0. The van der Waals surface area contributed by atoms with Crippen LogP contribution in [0.1, 0.15) is 52.4 Å². The summed E-state index contributed by atoms with van der Waals surface area (Å²) in [7, 11) is 2.26.